The summed E-state index contributed by atoms with van der Waals surface area (Å²) < 4.78 is 24.9. The first-order valence-corrected chi connectivity index (χ1v) is 8.72. The molecule has 0 spiro atoms. The zero-order valence-electron chi connectivity index (χ0n) is 14.2. The van der Waals surface area contributed by atoms with Gasteiger partial charge in [-0.1, -0.05) is 24.3 Å². The first kappa shape index (κ1) is 16.7. The lowest BCUT2D eigenvalue weighted by Crippen LogP contribution is -2.27. The highest BCUT2D eigenvalue weighted by molar-refractivity contribution is 5.66. The number of carbonyl (C=O) groups is 1. The standard InChI is InChI=1S/C20H20FNO4/c21-15-6-4-13(5-7-15)12-26-18-3-1-2-16-17-11-22(20(23)24)10-14(17)8-9-25-19(16)18/h1-7,14,17H,8-12H2,(H,23,24). The van der Waals surface area contributed by atoms with Crippen LogP contribution in [-0.4, -0.2) is 35.8 Å². The van der Waals surface area contributed by atoms with Crippen LogP contribution in [0.4, 0.5) is 9.18 Å². The lowest BCUT2D eigenvalue weighted by atomic mass is 9.87. The number of fused-ring (bicyclic) bond motifs is 3. The normalized spacial score (nSPS) is 21.3. The number of hydrogen-bond acceptors (Lipinski definition) is 3. The smallest absolute Gasteiger partial charge is 0.407 e. The average Bonchev–Trinajstić information content (AvgIpc) is 2.98. The zero-order chi connectivity index (χ0) is 18.1. The molecule has 6 heteroatoms. The van der Waals surface area contributed by atoms with Crippen molar-refractivity contribution in [3.05, 3.63) is 59.4 Å². The Morgan fingerprint density at radius 3 is 2.81 bits per heavy atom. The van der Waals surface area contributed by atoms with E-state index in [2.05, 4.69) is 0 Å². The predicted octanol–water partition coefficient (Wildman–Crippen LogP) is 3.88. The number of para-hydroxylation sites is 1. The lowest BCUT2D eigenvalue weighted by Gasteiger charge is -2.18. The van der Waals surface area contributed by atoms with Gasteiger partial charge in [0.15, 0.2) is 11.5 Å². The van der Waals surface area contributed by atoms with Crippen molar-refractivity contribution in [2.75, 3.05) is 19.7 Å². The maximum atomic E-state index is 13.0. The summed E-state index contributed by atoms with van der Waals surface area (Å²) in [6, 6.07) is 12.0. The van der Waals surface area contributed by atoms with Gasteiger partial charge in [-0.15, -0.1) is 0 Å². The second-order valence-electron chi connectivity index (χ2n) is 6.78. The fourth-order valence-corrected chi connectivity index (χ4v) is 3.82. The number of rotatable bonds is 3. The summed E-state index contributed by atoms with van der Waals surface area (Å²) in [5.74, 6) is 1.45. The SMILES string of the molecule is O=C(O)N1CC2CCOc3c(OCc4ccc(F)cc4)cccc3C2C1. The van der Waals surface area contributed by atoms with E-state index in [4.69, 9.17) is 9.47 Å². The van der Waals surface area contributed by atoms with Gasteiger partial charge >= 0.3 is 6.09 Å². The number of amides is 1. The molecule has 136 valence electrons. The first-order chi connectivity index (χ1) is 12.6. The van der Waals surface area contributed by atoms with Crippen molar-refractivity contribution in [1.82, 2.24) is 4.90 Å². The molecule has 26 heavy (non-hydrogen) atoms. The summed E-state index contributed by atoms with van der Waals surface area (Å²) >= 11 is 0. The second-order valence-corrected chi connectivity index (χ2v) is 6.78. The van der Waals surface area contributed by atoms with E-state index >= 15 is 0 Å². The van der Waals surface area contributed by atoms with E-state index in [0.29, 0.717) is 37.8 Å². The molecule has 0 saturated carbocycles. The molecule has 2 aliphatic heterocycles. The third-order valence-electron chi connectivity index (χ3n) is 5.16. The van der Waals surface area contributed by atoms with E-state index in [-0.39, 0.29) is 17.7 Å². The van der Waals surface area contributed by atoms with Crippen LogP contribution in [0.25, 0.3) is 0 Å². The van der Waals surface area contributed by atoms with Crippen LogP contribution < -0.4 is 9.47 Å². The number of nitrogens with zero attached hydrogens (tertiary/aromatic N) is 1. The van der Waals surface area contributed by atoms with Crippen LogP contribution in [0.2, 0.25) is 0 Å². The van der Waals surface area contributed by atoms with E-state index in [9.17, 15) is 14.3 Å². The van der Waals surface area contributed by atoms with Gasteiger partial charge in [0.25, 0.3) is 0 Å². The molecular formula is C20H20FNO4. The molecule has 4 rings (SSSR count). The number of likely N-dealkylation sites (tertiary alicyclic amines) is 1. The Kier molecular flexibility index (Phi) is 4.41. The molecule has 0 aliphatic carbocycles. The monoisotopic (exact) mass is 357 g/mol. The highest BCUT2D eigenvalue weighted by Crippen LogP contribution is 2.45. The van der Waals surface area contributed by atoms with Crippen LogP contribution >= 0.6 is 0 Å². The van der Waals surface area contributed by atoms with Gasteiger partial charge in [-0.2, -0.15) is 0 Å². The molecule has 5 nitrogen and oxygen atoms in total. The molecule has 0 aromatic heterocycles. The van der Waals surface area contributed by atoms with E-state index in [1.54, 1.807) is 12.1 Å². The molecule has 0 radical (unpaired) electrons. The van der Waals surface area contributed by atoms with Gasteiger partial charge in [-0.25, -0.2) is 9.18 Å². The largest absolute Gasteiger partial charge is 0.489 e. The van der Waals surface area contributed by atoms with Crippen molar-refractivity contribution in [3.63, 3.8) is 0 Å². The topological polar surface area (TPSA) is 59.0 Å². The van der Waals surface area contributed by atoms with Gasteiger partial charge in [-0.05, 0) is 36.1 Å². The number of ether oxygens (including phenoxy) is 2. The highest BCUT2D eigenvalue weighted by atomic mass is 19.1. The summed E-state index contributed by atoms with van der Waals surface area (Å²) in [7, 11) is 0. The van der Waals surface area contributed by atoms with Crippen molar-refractivity contribution in [2.45, 2.75) is 18.9 Å². The minimum atomic E-state index is -0.871. The van der Waals surface area contributed by atoms with Gasteiger partial charge in [-0.3, -0.25) is 0 Å². The van der Waals surface area contributed by atoms with E-state index in [1.807, 2.05) is 18.2 Å². The van der Waals surface area contributed by atoms with Gasteiger partial charge in [0.1, 0.15) is 12.4 Å². The van der Waals surface area contributed by atoms with Crippen molar-refractivity contribution in [3.8, 4) is 11.5 Å². The molecule has 2 heterocycles. The van der Waals surface area contributed by atoms with E-state index in [0.717, 1.165) is 17.5 Å². The van der Waals surface area contributed by atoms with Crippen LogP contribution in [0, 0.1) is 11.7 Å². The number of halogens is 1. The molecule has 2 aromatic carbocycles. The summed E-state index contributed by atoms with van der Waals surface area (Å²) in [5, 5.41) is 9.31. The minimum Gasteiger partial charge on any atom is -0.489 e. The van der Waals surface area contributed by atoms with Crippen LogP contribution in [0.5, 0.6) is 11.5 Å². The molecule has 1 fully saturated rings. The van der Waals surface area contributed by atoms with Crippen molar-refractivity contribution < 1.29 is 23.8 Å². The van der Waals surface area contributed by atoms with E-state index in [1.165, 1.54) is 17.0 Å². The maximum absolute atomic E-state index is 13.0. The fraction of sp³-hybridized carbons (Fsp3) is 0.350. The fourth-order valence-electron chi connectivity index (χ4n) is 3.82. The summed E-state index contributed by atoms with van der Waals surface area (Å²) in [5.41, 5.74) is 1.88. The third kappa shape index (κ3) is 3.19. The molecule has 2 aromatic rings. The van der Waals surface area contributed by atoms with Gasteiger partial charge < -0.3 is 19.5 Å². The highest BCUT2D eigenvalue weighted by Gasteiger charge is 2.39. The van der Waals surface area contributed by atoms with Crippen molar-refractivity contribution in [2.24, 2.45) is 5.92 Å². The summed E-state index contributed by atoms with van der Waals surface area (Å²) in [6.07, 6.45) is -0.0511. The first-order valence-electron chi connectivity index (χ1n) is 8.72. The summed E-state index contributed by atoms with van der Waals surface area (Å²) in [6.45, 7) is 1.88. The zero-order valence-corrected chi connectivity index (χ0v) is 14.2. The molecule has 0 bridgehead atoms. The van der Waals surface area contributed by atoms with Gasteiger partial charge in [0, 0.05) is 24.6 Å². The molecular weight excluding hydrogens is 337 g/mol. The molecule has 2 unspecified atom stereocenters. The lowest BCUT2D eigenvalue weighted by molar-refractivity contribution is 0.152. The number of carboxylic acid groups (broad SMARTS) is 1. The Morgan fingerprint density at radius 1 is 1.23 bits per heavy atom. The van der Waals surface area contributed by atoms with Crippen LogP contribution in [-0.2, 0) is 6.61 Å². The van der Waals surface area contributed by atoms with E-state index < -0.39 is 6.09 Å². The number of hydrogen-bond donors (Lipinski definition) is 1. The third-order valence-corrected chi connectivity index (χ3v) is 5.16. The second kappa shape index (κ2) is 6.86. The molecule has 1 amide bonds. The minimum absolute atomic E-state index is 0.123. The van der Waals surface area contributed by atoms with Crippen molar-refractivity contribution in [1.29, 1.82) is 0 Å². The maximum Gasteiger partial charge on any atom is 0.407 e. The summed E-state index contributed by atoms with van der Waals surface area (Å²) in [4.78, 5) is 12.8. The molecule has 2 aliphatic rings. The molecule has 1 saturated heterocycles. The van der Waals surface area contributed by atoms with Crippen LogP contribution in [0.15, 0.2) is 42.5 Å². The predicted molar refractivity (Wildman–Crippen MR) is 93.1 cm³/mol. The van der Waals surface area contributed by atoms with Crippen LogP contribution in [0.1, 0.15) is 23.5 Å². The Labute approximate surface area is 151 Å². The molecule has 2 atom stereocenters. The average molecular weight is 357 g/mol. The van der Waals surface area contributed by atoms with Crippen molar-refractivity contribution >= 4 is 6.09 Å². The number of benzene rings is 2. The Hall–Kier alpha value is -2.76. The van der Waals surface area contributed by atoms with Gasteiger partial charge in [0.2, 0.25) is 0 Å². The Balaban J connectivity index is 1.57. The Bertz CT molecular complexity index is 808. The van der Waals surface area contributed by atoms with Crippen LogP contribution in [0.3, 0.4) is 0 Å². The quantitative estimate of drug-likeness (QED) is 0.906. The molecule has 1 N–H and O–H groups in total. The van der Waals surface area contributed by atoms with Gasteiger partial charge in [0.05, 0.1) is 6.61 Å². The Morgan fingerprint density at radius 2 is 2.04 bits per heavy atom.